The Morgan fingerprint density at radius 2 is 1.44 bits per heavy atom. The summed E-state index contributed by atoms with van der Waals surface area (Å²) in [6, 6.07) is -0.381. The Bertz CT molecular complexity index is 360. The van der Waals surface area contributed by atoms with E-state index in [-0.39, 0.29) is 17.9 Å². The predicted molar refractivity (Wildman–Crippen MR) is 60.7 cm³/mol. The van der Waals surface area contributed by atoms with Gasteiger partial charge in [0.2, 0.25) is 0 Å². The Morgan fingerprint density at radius 3 is 1.78 bits per heavy atom. The molecule has 2 aliphatic rings. The lowest BCUT2D eigenvalue weighted by Gasteiger charge is -2.30. The van der Waals surface area contributed by atoms with Crippen LogP contribution in [0, 0.1) is 0 Å². The van der Waals surface area contributed by atoms with Crippen molar-refractivity contribution in [1.29, 1.82) is 0 Å². The Kier molecular flexibility index (Phi) is 3.38. The van der Waals surface area contributed by atoms with Gasteiger partial charge in [0.1, 0.15) is 5.78 Å². The van der Waals surface area contributed by atoms with Crippen LogP contribution in [0.4, 0.5) is 0 Å². The molecule has 0 aromatic heterocycles. The Morgan fingerprint density at radius 1 is 1.06 bits per heavy atom. The summed E-state index contributed by atoms with van der Waals surface area (Å²) in [5.41, 5.74) is 0. The van der Waals surface area contributed by atoms with Crippen molar-refractivity contribution in [2.45, 2.75) is 51.0 Å². The van der Waals surface area contributed by atoms with E-state index in [9.17, 15) is 14.4 Å². The molecule has 0 radical (unpaired) electrons. The lowest BCUT2D eigenvalue weighted by atomic mass is 10.0. The molecular formula is C12H17NO5. The summed E-state index contributed by atoms with van der Waals surface area (Å²) in [7, 11) is 1.86. The van der Waals surface area contributed by atoms with Gasteiger partial charge in [0.25, 0.3) is 0 Å². The molecule has 0 saturated carbocycles. The normalized spacial score (nSPS) is 35.4. The topological polar surface area (TPSA) is 72.9 Å². The predicted octanol–water partition coefficient (Wildman–Crippen LogP) is -0.105. The maximum Gasteiger partial charge on any atom is 0.303 e. The second-order valence-electron chi connectivity index (χ2n) is 4.90. The van der Waals surface area contributed by atoms with Gasteiger partial charge in [0.15, 0.2) is 12.2 Å². The molecule has 2 aliphatic heterocycles. The summed E-state index contributed by atoms with van der Waals surface area (Å²) in [4.78, 5) is 35.9. The maximum atomic E-state index is 11.6. The van der Waals surface area contributed by atoms with Crippen LogP contribution in [0.3, 0.4) is 0 Å². The van der Waals surface area contributed by atoms with Gasteiger partial charge in [-0.05, 0) is 7.05 Å². The third-order valence-electron chi connectivity index (χ3n) is 3.61. The van der Waals surface area contributed by atoms with Crippen LogP contribution in [0.25, 0.3) is 0 Å². The van der Waals surface area contributed by atoms with Gasteiger partial charge in [0.05, 0.1) is 12.1 Å². The maximum absolute atomic E-state index is 11.6. The first-order valence-electron chi connectivity index (χ1n) is 5.98. The van der Waals surface area contributed by atoms with E-state index < -0.39 is 24.1 Å². The van der Waals surface area contributed by atoms with E-state index in [1.165, 1.54) is 13.8 Å². The van der Waals surface area contributed by atoms with E-state index in [1.807, 2.05) is 11.9 Å². The molecule has 2 rings (SSSR count). The fraction of sp³-hybridized carbons (Fsp3) is 0.750. The van der Waals surface area contributed by atoms with Crippen LogP contribution < -0.4 is 0 Å². The molecule has 2 fully saturated rings. The molecule has 0 aromatic carbocycles. The van der Waals surface area contributed by atoms with Gasteiger partial charge in [-0.15, -0.1) is 0 Å². The zero-order valence-electron chi connectivity index (χ0n) is 10.7. The SMILES string of the molecule is CC(=O)O[C@@H]1[C@H](OC(C)=O)[C@H]2CC(=O)C[C@@H]1N2C. The highest BCUT2D eigenvalue weighted by molar-refractivity contribution is 5.81. The van der Waals surface area contributed by atoms with Crippen molar-refractivity contribution in [3.8, 4) is 0 Å². The Balaban J connectivity index is 2.25. The largest absolute Gasteiger partial charge is 0.457 e. The van der Waals surface area contributed by atoms with E-state index in [2.05, 4.69) is 0 Å². The number of Topliss-reactive ketones (excluding diaryl/α,β-unsaturated/α-hetero) is 1. The van der Waals surface area contributed by atoms with E-state index in [4.69, 9.17) is 9.47 Å². The van der Waals surface area contributed by atoms with Crippen molar-refractivity contribution in [1.82, 2.24) is 4.90 Å². The third kappa shape index (κ3) is 2.25. The van der Waals surface area contributed by atoms with Crippen molar-refractivity contribution < 1.29 is 23.9 Å². The number of rotatable bonds is 2. The van der Waals surface area contributed by atoms with Crippen molar-refractivity contribution >= 4 is 17.7 Å². The Labute approximate surface area is 105 Å². The quantitative estimate of drug-likeness (QED) is 0.641. The first-order valence-corrected chi connectivity index (χ1v) is 5.98. The fourth-order valence-electron chi connectivity index (χ4n) is 2.89. The van der Waals surface area contributed by atoms with Gasteiger partial charge in [-0.25, -0.2) is 0 Å². The average Bonchev–Trinajstić information content (AvgIpc) is 2.41. The minimum absolute atomic E-state index is 0.120. The van der Waals surface area contributed by atoms with Crippen LogP contribution in [0.2, 0.25) is 0 Å². The summed E-state index contributed by atoms with van der Waals surface area (Å²) in [6.45, 7) is 2.63. The number of hydrogen-bond acceptors (Lipinski definition) is 6. The average molecular weight is 255 g/mol. The van der Waals surface area contributed by atoms with Crippen molar-refractivity contribution in [3.63, 3.8) is 0 Å². The molecule has 0 aliphatic carbocycles. The minimum Gasteiger partial charge on any atom is -0.457 e. The first kappa shape index (κ1) is 13.0. The molecule has 0 spiro atoms. The van der Waals surface area contributed by atoms with E-state index >= 15 is 0 Å². The molecule has 2 heterocycles. The number of piperidine rings is 1. The molecule has 100 valence electrons. The highest BCUT2D eigenvalue weighted by atomic mass is 16.6. The number of carbonyl (C=O) groups is 3. The number of hydrogen-bond donors (Lipinski definition) is 0. The number of fused-ring (bicyclic) bond motifs is 2. The van der Waals surface area contributed by atoms with Gasteiger partial charge in [-0.1, -0.05) is 0 Å². The lowest BCUT2D eigenvalue weighted by Crippen LogP contribution is -2.43. The van der Waals surface area contributed by atoms with Gasteiger partial charge in [0, 0.05) is 26.7 Å². The molecule has 2 saturated heterocycles. The molecule has 0 N–H and O–H groups in total. The Hall–Kier alpha value is -1.43. The van der Waals surface area contributed by atoms with Gasteiger partial charge in [-0.3, -0.25) is 19.3 Å². The summed E-state index contributed by atoms with van der Waals surface area (Å²) in [6.07, 6.45) is -0.425. The number of carbonyl (C=O) groups excluding carboxylic acids is 3. The first-order chi connectivity index (χ1) is 8.40. The minimum atomic E-state index is -0.548. The van der Waals surface area contributed by atoms with E-state index in [0.717, 1.165) is 0 Å². The lowest BCUT2D eigenvalue weighted by molar-refractivity contribution is -0.163. The van der Waals surface area contributed by atoms with Crippen LogP contribution in [0.5, 0.6) is 0 Å². The molecule has 6 heteroatoms. The standard InChI is InChI=1S/C12H17NO5/c1-6(14)17-11-9-4-8(16)5-10(13(9)3)12(11)18-7(2)15/h9-12H,4-5H2,1-3H3/t9-,10+,11-,12+. The molecule has 4 atom stereocenters. The molecule has 0 unspecified atom stereocenters. The smallest absolute Gasteiger partial charge is 0.303 e. The molecule has 0 amide bonds. The zero-order valence-corrected chi connectivity index (χ0v) is 10.7. The molecule has 18 heavy (non-hydrogen) atoms. The fourth-order valence-corrected chi connectivity index (χ4v) is 2.89. The van der Waals surface area contributed by atoms with Crippen LogP contribution in [0.1, 0.15) is 26.7 Å². The van der Waals surface area contributed by atoms with Crippen LogP contribution >= 0.6 is 0 Å². The second-order valence-corrected chi connectivity index (χ2v) is 4.90. The summed E-state index contributed by atoms with van der Waals surface area (Å²) in [5.74, 6) is -0.731. The highest BCUT2D eigenvalue weighted by Crippen LogP contribution is 2.36. The molecule has 2 bridgehead atoms. The number of likely N-dealkylation sites (N-methyl/N-ethyl adjacent to an activating group) is 1. The summed E-state index contributed by atoms with van der Waals surface area (Å²) in [5, 5.41) is 0. The van der Waals surface area contributed by atoms with Crippen molar-refractivity contribution in [2.75, 3.05) is 7.05 Å². The summed E-state index contributed by atoms with van der Waals surface area (Å²) >= 11 is 0. The number of nitrogens with zero attached hydrogens (tertiary/aromatic N) is 1. The van der Waals surface area contributed by atoms with Crippen LogP contribution in [-0.2, 0) is 23.9 Å². The van der Waals surface area contributed by atoms with Gasteiger partial charge >= 0.3 is 11.9 Å². The molecule has 6 nitrogen and oxygen atoms in total. The second kappa shape index (κ2) is 4.68. The number of esters is 2. The molecule has 0 aromatic rings. The van der Waals surface area contributed by atoms with Gasteiger partial charge < -0.3 is 9.47 Å². The van der Waals surface area contributed by atoms with Crippen LogP contribution in [0.15, 0.2) is 0 Å². The third-order valence-corrected chi connectivity index (χ3v) is 3.61. The van der Waals surface area contributed by atoms with Crippen molar-refractivity contribution in [2.24, 2.45) is 0 Å². The monoisotopic (exact) mass is 255 g/mol. The van der Waals surface area contributed by atoms with Crippen LogP contribution in [-0.4, -0.2) is 54.0 Å². The zero-order chi connectivity index (χ0) is 13.4. The van der Waals surface area contributed by atoms with Crippen molar-refractivity contribution in [3.05, 3.63) is 0 Å². The highest BCUT2D eigenvalue weighted by Gasteiger charge is 2.55. The number of ketones is 1. The molecular weight excluding hydrogens is 238 g/mol. The van der Waals surface area contributed by atoms with E-state index in [1.54, 1.807) is 0 Å². The number of ether oxygens (including phenoxy) is 2. The van der Waals surface area contributed by atoms with Gasteiger partial charge in [-0.2, -0.15) is 0 Å². The summed E-state index contributed by atoms with van der Waals surface area (Å²) < 4.78 is 10.5. The van der Waals surface area contributed by atoms with E-state index in [0.29, 0.717) is 12.8 Å².